The highest BCUT2D eigenvalue weighted by Crippen LogP contribution is 2.21. The van der Waals surface area contributed by atoms with Crippen LogP contribution in [0.1, 0.15) is 26.2 Å². The first kappa shape index (κ1) is 11.9. The van der Waals surface area contributed by atoms with E-state index in [4.69, 9.17) is 5.11 Å². The lowest BCUT2D eigenvalue weighted by Crippen LogP contribution is -2.49. The van der Waals surface area contributed by atoms with Crippen LogP contribution in [0.25, 0.3) is 0 Å². The summed E-state index contributed by atoms with van der Waals surface area (Å²) in [5, 5.41) is 12.4. The van der Waals surface area contributed by atoms with Crippen molar-refractivity contribution in [3.63, 3.8) is 0 Å². The minimum Gasteiger partial charge on any atom is -0.396 e. The molecule has 3 unspecified atom stereocenters. The van der Waals surface area contributed by atoms with Crippen LogP contribution in [0.15, 0.2) is 0 Å². The lowest BCUT2D eigenvalue weighted by molar-refractivity contribution is -0.136. The molecule has 2 aliphatic rings. The number of hydrogen-bond donors (Lipinski definition) is 2. The Balaban J connectivity index is 1.93. The molecule has 0 aliphatic carbocycles. The second kappa shape index (κ2) is 5.15. The van der Waals surface area contributed by atoms with E-state index < -0.39 is 0 Å². The summed E-state index contributed by atoms with van der Waals surface area (Å²) in [7, 11) is 0. The van der Waals surface area contributed by atoms with Gasteiger partial charge < -0.3 is 15.3 Å². The van der Waals surface area contributed by atoms with Gasteiger partial charge in [0.2, 0.25) is 5.91 Å². The van der Waals surface area contributed by atoms with Crippen molar-refractivity contribution < 1.29 is 9.90 Å². The Kier molecular flexibility index (Phi) is 3.82. The molecule has 2 saturated heterocycles. The smallest absolute Gasteiger partial charge is 0.239 e. The van der Waals surface area contributed by atoms with E-state index in [0.717, 1.165) is 38.9 Å². The number of aliphatic hydroxyl groups is 1. The summed E-state index contributed by atoms with van der Waals surface area (Å²) in [6.45, 7) is 4.89. The van der Waals surface area contributed by atoms with Gasteiger partial charge in [0.05, 0.1) is 6.04 Å². The molecule has 2 heterocycles. The van der Waals surface area contributed by atoms with Crippen LogP contribution in [-0.2, 0) is 4.79 Å². The number of rotatable bonds is 2. The van der Waals surface area contributed by atoms with Gasteiger partial charge in [-0.15, -0.1) is 0 Å². The SMILES string of the molecule is CC1CCNC1C(=O)N1CCCC(CO)C1. The number of carbonyl (C=O) groups is 1. The Morgan fingerprint density at radius 3 is 2.94 bits per heavy atom. The second-order valence-corrected chi connectivity index (χ2v) is 5.17. The van der Waals surface area contributed by atoms with Gasteiger partial charge in [-0.3, -0.25) is 4.79 Å². The number of piperidine rings is 1. The minimum absolute atomic E-state index is 0.0115. The maximum atomic E-state index is 12.3. The summed E-state index contributed by atoms with van der Waals surface area (Å²) < 4.78 is 0. The number of nitrogens with zero attached hydrogens (tertiary/aromatic N) is 1. The molecule has 2 fully saturated rings. The summed E-state index contributed by atoms with van der Waals surface area (Å²) in [5.41, 5.74) is 0. The Hall–Kier alpha value is -0.610. The quantitative estimate of drug-likeness (QED) is 0.708. The zero-order chi connectivity index (χ0) is 11.5. The first-order chi connectivity index (χ1) is 7.72. The van der Waals surface area contributed by atoms with Gasteiger partial charge in [0.25, 0.3) is 0 Å². The maximum absolute atomic E-state index is 12.3. The molecular weight excluding hydrogens is 204 g/mol. The Morgan fingerprint density at radius 1 is 1.50 bits per heavy atom. The molecule has 0 aromatic carbocycles. The second-order valence-electron chi connectivity index (χ2n) is 5.17. The maximum Gasteiger partial charge on any atom is 0.239 e. The molecule has 4 heteroatoms. The zero-order valence-corrected chi connectivity index (χ0v) is 9.98. The van der Waals surface area contributed by atoms with Gasteiger partial charge in [-0.25, -0.2) is 0 Å². The largest absolute Gasteiger partial charge is 0.396 e. The molecule has 0 spiro atoms. The lowest BCUT2D eigenvalue weighted by atomic mass is 9.96. The van der Waals surface area contributed by atoms with E-state index in [-0.39, 0.29) is 24.5 Å². The number of nitrogens with one attached hydrogen (secondary N) is 1. The van der Waals surface area contributed by atoms with E-state index in [1.807, 2.05) is 4.90 Å². The van der Waals surface area contributed by atoms with Gasteiger partial charge in [0.15, 0.2) is 0 Å². The molecule has 1 amide bonds. The fourth-order valence-electron chi connectivity index (χ4n) is 2.78. The Labute approximate surface area is 97.0 Å². The normalized spacial score (nSPS) is 35.4. The molecule has 0 saturated carbocycles. The highest BCUT2D eigenvalue weighted by atomic mass is 16.3. The molecule has 0 bridgehead atoms. The van der Waals surface area contributed by atoms with Gasteiger partial charge in [-0.05, 0) is 37.6 Å². The van der Waals surface area contributed by atoms with Gasteiger partial charge in [0.1, 0.15) is 0 Å². The third kappa shape index (κ3) is 2.38. The number of amides is 1. The molecule has 2 N–H and O–H groups in total. The number of likely N-dealkylation sites (tertiary alicyclic amines) is 1. The van der Waals surface area contributed by atoms with Gasteiger partial charge in [0, 0.05) is 19.7 Å². The fraction of sp³-hybridized carbons (Fsp3) is 0.917. The Bertz CT molecular complexity index is 257. The predicted molar refractivity (Wildman–Crippen MR) is 62.0 cm³/mol. The molecule has 0 radical (unpaired) electrons. The molecule has 2 aliphatic heterocycles. The number of carbonyl (C=O) groups excluding carboxylic acids is 1. The summed E-state index contributed by atoms with van der Waals surface area (Å²) in [4.78, 5) is 14.2. The summed E-state index contributed by atoms with van der Waals surface area (Å²) in [6, 6.07) is 0.0115. The van der Waals surface area contributed by atoms with Crippen LogP contribution in [-0.4, -0.2) is 48.2 Å². The van der Waals surface area contributed by atoms with Crippen LogP contribution < -0.4 is 5.32 Å². The van der Waals surface area contributed by atoms with Crippen LogP contribution in [0.2, 0.25) is 0 Å². The monoisotopic (exact) mass is 226 g/mol. The summed E-state index contributed by atoms with van der Waals surface area (Å²) in [5.74, 6) is 0.972. The standard InChI is InChI=1S/C12H22N2O2/c1-9-4-5-13-11(9)12(16)14-6-2-3-10(7-14)8-15/h9-11,13,15H,2-8H2,1H3. The van der Waals surface area contributed by atoms with Gasteiger partial charge in [-0.1, -0.05) is 6.92 Å². The minimum atomic E-state index is 0.0115. The topological polar surface area (TPSA) is 52.6 Å². The third-order valence-electron chi connectivity index (χ3n) is 3.89. The van der Waals surface area contributed by atoms with Crippen LogP contribution in [0.4, 0.5) is 0 Å². The first-order valence-electron chi connectivity index (χ1n) is 6.35. The average molecular weight is 226 g/mol. The van der Waals surface area contributed by atoms with Crippen molar-refractivity contribution in [1.29, 1.82) is 0 Å². The third-order valence-corrected chi connectivity index (χ3v) is 3.89. The summed E-state index contributed by atoms with van der Waals surface area (Å²) in [6.07, 6.45) is 3.17. The number of aliphatic hydroxyl groups excluding tert-OH is 1. The van der Waals surface area contributed by atoms with Crippen molar-refractivity contribution in [2.24, 2.45) is 11.8 Å². The van der Waals surface area contributed by atoms with Crippen LogP contribution >= 0.6 is 0 Å². The summed E-state index contributed by atoms with van der Waals surface area (Å²) >= 11 is 0. The molecule has 4 nitrogen and oxygen atoms in total. The predicted octanol–water partition coefficient (Wildman–Crippen LogP) is 0.215. The zero-order valence-electron chi connectivity index (χ0n) is 9.98. The highest BCUT2D eigenvalue weighted by Gasteiger charge is 2.34. The molecule has 2 rings (SSSR count). The molecule has 92 valence electrons. The fourth-order valence-corrected chi connectivity index (χ4v) is 2.78. The van der Waals surface area contributed by atoms with E-state index >= 15 is 0 Å². The van der Waals surface area contributed by atoms with Crippen LogP contribution in [0, 0.1) is 11.8 Å². The van der Waals surface area contributed by atoms with Crippen molar-refractivity contribution in [3.8, 4) is 0 Å². The first-order valence-corrected chi connectivity index (χ1v) is 6.35. The van der Waals surface area contributed by atoms with Crippen molar-refractivity contribution in [2.75, 3.05) is 26.2 Å². The van der Waals surface area contributed by atoms with Crippen molar-refractivity contribution in [2.45, 2.75) is 32.2 Å². The van der Waals surface area contributed by atoms with E-state index in [9.17, 15) is 4.79 Å². The highest BCUT2D eigenvalue weighted by molar-refractivity contribution is 5.82. The van der Waals surface area contributed by atoms with E-state index in [0.29, 0.717) is 5.92 Å². The lowest BCUT2D eigenvalue weighted by Gasteiger charge is -2.34. The van der Waals surface area contributed by atoms with Crippen LogP contribution in [0.3, 0.4) is 0 Å². The number of hydrogen-bond acceptors (Lipinski definition) is 3. The van der Waals surface area contributed by atoms with Crippen molar-refractivity contribution in [1.82, 2.24) is 10.2 Å². The van der Waals surface area contributed by atoms with E-state index in [1.165, 1.54) is 0 Å². The molecular formula is C12H22N2O2. The molecule has 16 heavy (non-hydrogen) atoms. The molecule has 3 atom stereocenters. The molecule has 0 aromatic heterocycles. The van der Waals surface area contributed by atoms with E-state index in [2.05, 4.69) is 12.2 Å². The van der Waals surface area contributed by atoms with Crippen molar-refractivity contribution in [3.05, 3.63) is 0 Å². The average Bonchev–Trinajstić information content (AvgIpc) is 2.74. The van der Waals surface area contributed by atoms with Crippen molar-refractivity contribution >= 4 is 5.91 Å². The van der Waals surface area contributed by atoms with E-state index in [1.54, 1.807) is 0 Å². The molecule has 0 aromatic rings. The van der Waals surface area contributed by atoms with Crippen LogP contribution in [0.5, 0.6) is 0 Å². The van der Waals surface area contributed by atoms with Gasteiger partial charge >= 0.3 is 0 Å². The Morgan fingerprint density at radius 2 is 2.31 bits per heavy atom. The van der Waals surface area contributed by atoms with Gasteiger partial charge in [-0.2, -0.15) is 0 Å².